The lowest BCUT2D eigenvalue weighted by Crippen LogP contribution is -1.93. The standard InChI is InChI=1S/C11H14/c1-2-3-4-10-7-9-5-6-11(10)8-9/h2-4,7,9,11H,1,5-6,8H2. The van der Waals surface area contributed by atoms with Crippen LogP contribution in [0, 0.1) is 11.8 Å². The Kier molecular flexibility index (Phi) is 1.69. The molecule has 2 aliphatic carbocycles. The second kappa shape index (κ2) is 2.69. The van der Waals surface area contributed by atoms with Gasteiger partial charge in [0.25, 0.3) is 0 Å². The van der Waals surface area contributed by atoms with Crippen molar-refractivity contribution in [2.45, 2.75) is 19.3 Å². The molecule has 0 aromatic carbocycles. The van der Waals surface area contributed by atoms with Gasteiger partial charge in [-0.3, -0.25) is 0 Å². The van der Waals surface area contributed by atoms with Crippen LogP contribution in [0.2, 0.25) is 0 Å². The van der Waals surface area contributed by atoms with Crippen molar-refractivity contribution in [2.24, 2.45) is 11.8 Å². The monoisotopic (exact) mass is 146 g/mol. The molecular weight excluding hydrogens is 132 g/mol. The molecule has 2 aliphatic rings. The van der Waals surface area contributed by atoms with Gasteiger partial charge in [-0.05, 0) is 36.7 Å². The summed E-state index contributed by atoms with van der Waals surface area (Å²) in [5.41, 5.74) is 1.56. The molecule has 0 radical (unpaired) electrons. The molecule has 0 amide bonds. The number of allylic oxidation sites excluding steroid dienone is 5. The second-order valence-corrected chi connectivity index (χ2v) is 3.53. The van der Waals surface area contributed by atoms with E-state index in [1.165, 1.54) is 19.3 Å². The number of rotatable bonds is 2. The molecule has 0 aromatic heterocycles. The van der Waals surface area contributed by atoms with Gasteiger partial charge in [0.05, 0.1) is 0 Å². The molecule has 0 spiro atoms. The Labute approximate surface area is 68.3 Å². The van der Waals surface area contributed by atoms with Gasteiger partial charge in [0.1, 0.15) is 0 Å². The van der Waals surface area contributed by atoms with Gasteiger partial charge in [-0.1, -0.05) is 30.9 Å². The first-order valence-electron chi connectivity index (χ1n) is 4.41. The lowest BCUT2D eigenvalue weighted by molar-refractivity contribution is 0.671. The summed E-state index contributed by atoms with van der Waals surface area (Å²) in [7, 11) is 0. The zero-order valence-electron chi connectivity index (χ0n) is 6.79. The minimum Gasteiger partial charge on any atom is -0.0991 e. The highest BCUT2D eigenvalue weighted by molar-refractivity contribution is 5.31. The molecule has 0 aliphatic heterocycles. The summed E-state index contributed by atoms with van der Waals surface area (Å²) in [5, 5.41) is 0. The number of hydrogen-bond acceptors (Lipinski definition) is 0. The maximum absolute atomic E-state index is 3.67. The lowest BCUT2D eigenvalue weighted by atomic mass is 9.98. The van der Waals surface area contributed by atoms with Gasteiger partial charge in [0.15, 0.2) is 0 Å². The normalized spacial score (nSPS) is 34.7. The van der Waals surface area contributed by atoms with Gasteiger partial charge in [-0.2, -0.15) is 0 Å². The summed E-state index contributed by atoms with van der Waals surface area (Å²) in [4.78, 5) is 0. The summed E-state index contributed by atoms with van der Waals surface area (Å²) in [6.07, 6.45) is 12.8. The molecule has 0 nitrogen and oxygen atoms in total. The topological polar surface area (TPSA) is 0 Å². The Morgan fingerprint density at radius 1 is 1.45 bits per heavy atom. The largest absolute Gasteiger partial charge is 0.0991 e. The van der Waals surface area contributed by atoms with Crippen molar-refractivity contribution in [1.82, 2.24) is 0 Å². The first-order chi connectivity index (χ1) is 5.40. The van der Waals surface area contributed by atoms with Crippen LogP contribution in [-0.4, -0.2) is 0 Å². The fraction of sp³-hybridized carbons (Fsp3) is 0.455. The molecule has 58 valence electrons. The molecule has 0 heterocycles. The van der Waals surface area contributed by atoms with Crippen LogP contribution < -0.4 is 0 Å². The molecular formula is C11H14. The SMILES string of the molecule is C=CC=CC1=CC2CCC1C2. The average Bonchev–Trinajstić information content (AvgIpc) is 2.60. The van der Waals surface area contributed by atoms with Gasteiger partial charge < -0.3 is 0 Å². The van der Waals surface area contributed by atoms with Crippen LogP contribution in [0.3, 0.4) is 0 Å². The third-order valence-electron chi connectivity index (χ3n) is 2.80. The summed E-state index contributed by atoms with van der Waals surface area (Å²) < 4.78 is 0. The van der Waals surface area contributed by atoms with E-state index in [0.29, 0.717) is 0 Å². The van der Waals surface area contributed by atoms with Gasteiger partial charge in [-0.15, -0.1) is 0 Å². The van der Waals surface area contributed by atoms with Crippen molar-refractivity contribution in [3.05, 3.63) is 36.5 Å². The molecule has 0 N–H and O–H groups in total. The van der Waals surface area contributed by atoms with E-state index in [9.17, 15) is 0 Å². The minimum absolute atomic E-state index is 0.885. The van der Waals surface area contributed by atoms with Crippen LogP contribution in [0.25, 0.3) is 0 Å². The fourth-order valence-corrected chi connectivity index (χ4v) is 2.25. The molecule has 1 fully saturated rings. The van der Waals surface area contributed by atoms with Crippen molar-refractivity contribution in [3.8, 4) is 0 Å². The Morgan fingerprint density at radius 3 is 2.91 bits per heavy atom. The van der Waals surface area contributed by atoms with E-state index in [-0.39, 0.29) is 0 Å². The highest BCUT2D eigenvalue weighted by atomic mass is 14.4. The zero-order valence-corrected chi connectivity index (χ0v) is 6.79. The van der Waals surface area contributed by atoms with Crippen LogP contribution >= 0.6 is 0 Å². The third-order valence-corrected chi connectivity index (χ3v) is 2.80. The summed E-state index contributed by atoms with van der Waals surface area (Å²) in [6, 6.07) is 0. The van der Waals surface area contributed by atoms with E-state index < -0.39 is 0 Å². The van der Waals surface area contributed by atoms with E-state index in [1.807, 2.05) is 12.2 Å². The summed E-state index contributed by atoms with van der Waals surface area (Å²) in [6.45, 7) is 3.67. The first-order valence-corrected chi connectivity index (χ1v) is 4.41. The molecule has 11 heavy (non-hydrogen) atoms. The highest BCUT2D eigenvalue weighted by Gasteiger charge is 2.30. The van der Waals surface area contributed by atoms with Crippen LogP contribution in [0.1, 0.15) is 19.3 Å². The van der Waals surface area contributed by atoms with Crippen molar-refractivity contribution >= 4 is 0 Å². The van der Waals surface area contributed by atoms with Gasteiger partial charge in [0.2, 0.25) is 0 Å². The van der Waals surface area contributed by atoms with E-state index in [1.54, 1.807) is 5.57 Å². The van der Waals surface area contributed by atoms with E-state index in [2.05, 4.69) is 18.7 Å². The molecule has 2 unspecified atom stereocenters. The van der Waals surface area contributed by atoms with Crippen LogP contribution in [0.4, 0.5) is 0 Å². The maximum Gasteiger partial charge on any atom is -0.0159 e. The van der Waals surface area contributed by atoms with E-state index >= 15 is 0 Å². The Balaban J connectivity index is 2.10. The van der Waals surface area contributed by atoms with E-state index in [4.69, 9.17) is 0 Å². The van der Waals surface area contributed by atoms with Crippen molar-refractivity contribution in [2.75, 3.05) is 0 Å². The zero-order chi connectivity index (χ0) is 7.68. The van der Waals surface area contributed by atoms with Crippen LogP contribution in [0.5, 0.6) is 0 Å². The highest BCUT2D eigenvalue weighted by Crippen LogP contribution is 2.43. The quantitative estimate of drug-likeness (QED) is 0.525. The van der Waals surface area contributed by atoms with Crippen molar-refractivity contribution < 1.29 is 0 Å². The molecule has 0 aromatic rings. The Bertz CT molecular complexity index is 220. The lowest BCUT2D eigenvalue weighted by Gasteiger charge is -2.07. The smallest absolute Gasteiger partial charge is 0.0159 e. The predicted molar refractivity (Wildman–Crippen MR) is 48.3 cm³/mol. The number of fused-ring (bicyclic) bond motifs is 2. The van der Waals surface area contributed by atoms with Gasteiger partial charge in [0, 0.05) is 0 Å². The number of hydrogen-bond donors (Lipinski definition) is 0. The minimum atomic E-state index is 0.885. The van der Waals surface area contributed by atoms with Gasteiger partial charge >= 0.3 is 0 Å². The Morgan fingerprint density at radius 2 is 2.36 bits per heavy atom. The van der Waals surface area contributed by atoms with Crippen LogP contribution in [0.15, 0.2) is 36.5 Å². The molecule has 2 atom stereocenters. The third kappa shape index (κ3) is 1.18. The van der Waals surface area contributed by atoms with Crippen molar-refractivity contribution in [1.29, 1.82) is 0 Å². The summed E-state index contributed by atoms with van der Waals surface area (Å²) in [5.74, 6) is 1.79. The van der Waals surface area contributed by atoms with E-state index in [0.717, 1.165) is 11.8 Å². The molecule has 0 saturated heterocycles. The maximum atomic E-state index is 3.67. The second-order valence-electron chi connectivity index (χ2n) is 3.53. The summed E-state index contributed by atoms with van der Waals surface area (Å²) >= 11 is 0. The molecule has 1 saturated carbocycles. The van der Waals surface area contributed by atoms with Gasteiger partial charge in [-0.25, -0.2) is 0 Å². The van der Waals surface area contributed by atoms with Crippen LogP contribution in [-0.2, 0) is 0 Å². The Hall–Kier alpha value is -0.780. The van der Waals surface area contributed by atoms with Crippen molar-refractivity contribution in [3.63, 3.8) is 0 Å². The first kappa shape index (κ1) is 6.90. The molecule has 2 rings (SSSR count). The molecule has 2 bridgehead atoms. The fourth-order valence-electron chi connectivity index (χ4n) is 2.25. The predicted octanol–water partition coefficient (Wildman–Crippen LogP) is 3.08. The average molecular weight is 146 g/mol. The molecule has 0 heteroatoms.